The summed E-state index contributed by atoms with van der Waals surface area (Å²) in [5.41, 5.74) is 1.74. The van der Waals surface area contributed by atoms with Gasteiger partial charge in [-0.15, -0.1) is 0 Å². The summed E-state index contributed by atoms with van der Waals surface area (Å²) in [5, 5.41) is 9.04. The van der Waals surface area contributed by atoms with E-state index in [1.54, 1.807) is 12.1 Å². The molecule has 1 fully saturated rings. The largest absolute Gasteiger partial charge is 0.394 e. The third-order valence-electron chi connectivity index (χ3n) is 2.74. The Balaban J connectivity index is 2.07. The molecule has 1 atom stereocenters. The predicted octanol–water partition coefficient (Wildman–Crippen LogP) is 0.697. The maximum absolute atomic E-state index is 10.5. The van der Waals surface area contributed by atoms with E-state index in [1.807, 2.05) is 12.1 Å². The molecule has 2 rings (SSSR count). The Labute approximate surface area is 94.4 Å². The normalized spacial score (nSPS) is 20.8. The van der Waals surface area contributed by atoms with Crippen LogP contribution in [-0.4, -0.2) is 43.8 Å². The fraction of sp³-hybridized carbons (Fsp3) is 0.417. The second-order valence-corrected chi connectivity index (χ2v) is 3.83. The lowest BCUT2D eigenvalue weighted by Crippen LogP contribution is -2.44. The maximum Gasteiger partial charge on any atom is 0.150 e. The standard InChI is InChI=1S/C12H15NO3/c14-8-10-1-3-11(4-2-10)13-5-6-16-12(7-13)9-15/h1-4,8,12,15H,5-7,9H2. The Morgan fingerprint density at radius 3 is 2.81 bits per heavy atom. The topological polar surface area (TPSA) is 49.8 Å². The van der Waals surface area contributed by atoms with Gasteiger partial charge in [0, 0.05) is 24.3 Å². The predicted molar refractivity (Wildman–Crippen MR) is 60.9 cm³/mol. The van der Waals surface area contributed by atoms with Gasteiger partial charge in [0.25, 0.3) is 0 Å². The molecule has 1 heterocycles. The summed E-state index contributed by atoms with van der Waals surface area (Å²) in [4.78, 5) is 12.7. The molecule has 1 aromatic rings. The average molecular weight is 221 g/mol. The summed E-state index contributed by atoms with van der Waals surface area (Å²) >= 11 is 0. The van der Waals surface area contributed by atoms with E-state index in [1.165, 1.54) is 0 Å². The third kappa shape index (κ3) is 2.40. The summed E-state index contributed by atoms with van der Waals surface area (Å²) in [6, 6.07) is 7.43. The molecule has 1 aromatic carbocycles. The number of aliphatic hydroxyl groups excluding tert-OH is 1. The molecule has 1 N–H and O–H groups in total. The van der Waals surface area contributed by atoms with Gasteiger partial charge in [0.2, 0.25) is 0 Å². The molecule has 4 heteroatoms. The Hall–Kier alpha value is -1.39. The zero-order valence-electron chi connectivity index (χ0n) is 9.00. The van der Waals surface area contributed by atoms with Crippen LogP contribution in [-0.2, 0) is 4.74 Å². The molecule has 0 saturated carbocycles. The van der Waals surface area contributed by atoms with Gasteiger partial charge in [-0.1, -0.05) is 0 Å². The molecule has 0 aliphatic carbocycles. The van der Waals surface area contributed by atoms with E-state index in [9.17, 15) is 4.79 Å². The van der Waals surface area contributed by atoms with E-state index >= 15 is 0 Å². The van der Waals surface area contributed by atoms with Gasteiger partial charge in [-0.05, 0) is 24.3 Å². The average Bonchev–Trinajstić information content (AvgIpc) is 2.39. The first kappa shape index (κ1) is 11.1. The molecule has 16 heavy (non-hydrogen) atoms. The highest BCUT2D eigenvalue weighted by molar-refractivity contribution is 5.75. The van der Waals surface area contributed by atoms with Crippen LogP contribution in [0.3, 0.4) is 0 Å². The van der Waals surface area contributed by atoms with Gasteiger partial charge < -0.3 is 14.7 Å². The molecule has 1 aliphatic heterocycles. The minimum Gasteiger partial charge on any atom is -0.394 e. The highest BCUT2D eigenvalue weighted by atomic mass is 16.5. The molecular weight excluding hydrogens is 206 g/mol. The van der Waals surface area contributed by atoms with Crippen LogP contribution < -0.4 is 4.90 Å². The molecule has 0 spiro atoms. The smallest absolute Gasteiger partial charge is 0.150 e. The molecule has 0 amide bonds. The fourth-order valence-corrected chi connectivity index (χ4v) is 1.83. The van der Waals surface area contributed by atoms with Crippen molar-refractivity contribution in [3.8, 4) is 0 Å². The second-order valence-electron chi connectivity index (χ2n) is 3.83. The first-order valence-electron chi connectivity index (χ1n) is 5.36. The SMILES string of the molecule is O=Cc1ccc(N2CCOC(CO)C2)cc1. The number of carbonyl (C=O) groups excluding carboxylic acids is 1. The Bertz CT molecular complexity index is 350. The van der Waals surface area contributed by atoms with Gasteiger partial charge in [0.05, 0.1) is 19.3 Å². The number of morpholine rings is 1. The Morgan fingerprint density at radius 1 is 1.44 bits per heavy atom. The van der Waals surface area contributed by atoms with Crippen LogP contribution in [0.1, 0.15) is 10.4 Å². The van der Waals surface area contributed by atoms with Crippen molar-refractivity contribution in [2.24, 2.45) is 0 Å². The van der Waals surface area contributed by atoms with Gasteiger partial charge >= 0.3 is 0 Å². The Kier molecular flexibility index (Phi) is 3.54. The van der Waals surface area contributed by atoms with Gasteiger partial charge in [-0.3, -0.25) is 4.79 Å². The first-order chi connectivity index (χ1) is 7.83. The summed E-state index contributed by atoms with van der Waals surface area (Å²) in [7, 11) is 0. The lowest BCUT2D eigenvalue weighted by atomic mass is 10.2. The van der Waals surface area contributed by atoms with Crippen molar-refractivity contribution < 1.29 is 14.6 Å². The molecule has 0 radical (unpaired) electrons. The molecule has 1 saturated heterocycles. The van der Waals surface area contributed by atoms with Crippen LogP contribution in [0.2, 0.25) is 0 Å². The number of anilines is 1. The van der Waals surface area contributed by atoms with Crippen LogP contribution in [0, 0.1) is 0 Å². The van der Waals surface area contributed by atoms with E-state index in [0.29, 0.717) is 18.7 Å². The molecule has 1 aliphatic rings. The van der Waals surface area contributed by atoms with Crippen LogP contribution >= 0.6 is 0 Å². The van der Waals surface area contributed by atoms with Gasteiger partial charge in [0.1, 0.15) is 6.29 Å². The van der Waals surface area contributed by atoms with E-state index in [2.05, 4.69) is 4.90 Å². The number of ether oxygens (including phenoxy) is 1. The highest BCUT2D eigenvalue weighted by Gasteiger charge is 2.19. The zero-order valence-corrected chi connectivity index (χ0v) is 9.00. The number of aldehydes is 1. The van der Waals surface area contributed by atoms with Crippen LogP contribution in [0.4, 0.5) is 5.69 Å². The van der Waals surface area contributed by atoms with Crippen molar-refractivity contribution >= 4 is 12.0 Å². The summed E-state index contributed by atoms with van der Waals surface area (Å²) in [5.74, 6) is 0. The molecule has 1 unspecified atom stereocenters. The number of aliphatic hydroxyl groups is 1. The van der Waals surface area contributed by atoms with Crippen LogP contribution in [0.5, 0.6) is 0 Å². The fourth-order valence-electron chi connectivity index (χ4n) is 1.83. The quantitative estimate of drug-likeness (QED) is 0.763. The summed E-state index contributed by atoms with van der Waals surface area (Å²) < 4.78 is 5.38. The van der Waals surface area contributed by atoms with Crippen molar-refractivity contribution in [2.45, 2.75) is 6.10 Å². The molecule has 0 aromatic heterocycles. The third-order valence-corrected chi connectivity index (χ3v) is 2.74. The minimum absolute atomic E-state index is 0.0446. The second kappa shape index (κ2) is 5.09. The first-order valence-corrected chi connectivity index (χ1v) is 5.36. The minimum atomic E-state index is -0.112. The molecule has 0 bridgehead atoms. The van der Waals surface area contributed by atoms with E-state index in [0.717, 1.165) is 18.5 Å². The summed E-state index contributed by atoms with van der Waals surface area (Å²) in [6.07, 6.45) is 0.721. The van der Waals surface area contributed by atoms with Crippen molar-refractivity contribution in [3.63, 3.8) is 0 Å². The number of nitrogens with zero attached hydrogens (tertiary/aromatic N) is 1. The van der Waals surface area contributed by atoms with E-state index < -0.39 is 0 Å². The van der Waals surface area contributed by atoms with Crippen LogP contribution in [0.25, 0.3) is 0 Å². The monoisotopic (exact) mass is 221 g/mol. The van der Waals surface area contributed by atoms with Crippen LogP contribution in [0.15, 0.2) is 24.3 Å². The van der Waals surface area contributed by atoms with Gasteiger partial charge in [-0.25, -0.2) is 0 Å². The van der Waals surface area contributed by atoms with Gasteiger partial charge in [0.15, 0.2) is 0 Å². The lowest BCUT2D eigenvalue weighted by molar-refractivity contribution is 0.00357. The zero-order chi connectivity index (χ0) is 11.4. The number of hydrogen-bond donors (Lipinski definition) is 1. The number of hydrogen-bond acceptors (Lipinski definition) is 4. The lowest BCUT2D eigenvalue weighted by Gasteiger charge is -2.33. The molecule has 4 nitrogen and oxygen atoms in total. The van der Waals surface area contributed by atoms with Crippen molar-refractivity contribution in [3.05, 3.63) is 29.8 Å². The van der Waals surface area contributed by atoms with E-state index in [-0.39, 0.29) is 12.7 Å². The Morgan fingerprint density at radius 2 is 2.19 bits per heavy atom. The maximum atomic E-state index is 10.5. The number of carbonyl (C=O) groups is 1. The molecular formula is C12H15NO3. The number of benzene rings is 1. The van der Waals surface area contributed by atoms with E-state index in [4.69, 9.17) is 9.84 Å². The number of rotatable bonds is 3. The van der Waals surface area contributed by atoms with Crippen molar-refractivity contribution in [1.82, 2.24) is 0 Å². The van der Waals surface area contributed by atoms with Gasteiger partial charge in [-0.2, -0.15) is 0 Å². The van der Waals surface area contributed by atoms with Crippen molar-refractivity contribution in [1.29, 1.82) is 0 Å². The molecule has 86 valence electrons. The summed E-state index contributed by atoms with van der Waals surface area (Å²) in [6.45, 7) is 2.18. The van der Waals surface area contributed by atoms with Crippen molar-refractivity contribution in [2.75, 3.05) is 31.2 Å². The highest BCUT2D eigenvalue weighted by Crippen LogP contribution is 2.17.